The zero-order valence-corrected chi connectivity index (χ0v) is 14.5. The van der Waals surface area contributed by atoms with Crippen molar-refractivity contribution in [1.82, 2.24) is 10.3 Å². The third-order valence-corrected chi connectivity index (χ3v) is 5.39. The van der Waals surface area contributed by atoms with Crippen LogP contribution in [0.4, 0.5) is 0 Å². The van der Waals surface area contributed by atoms with Gasteiger partial charge in [0.25, 0.3) is 5.91 Å². The van der Waals surface area contributed by atoms with Crippen molar-refractivity contribution >= 4 is 15.7 Å². The number of hydrogen-bond acceptors (Lipinski definition) is 5. The lowest BCUT2D eigenvalue weighted by Gasteiger charge is -2.11. The third kappa shape index (κ3) is 4.11. The summed E-state index contributed by atoms with van der Waals surface area (Å²) in [4.78, 5) is 16.6. The van der Waals surface area contributed by atoms with Crippen molar-refractivity contribution in [2.75, 3.05) is 12.9 Å². The normalized spacial score (nSPS) is 11.1. The van der Waals surface area contributed by atoms with Crippen LogP contribution in [-0.2, 0) is 16.4 Å². The van der Waals surface area contributed by atoms with Gasteiger partial charge in [0.1, 0.15) is 0 Å². The molecule has 1 aromatic heterocycles. The molecule has 0 radical (unpaired) electrons. The Morgan fingerprint density at radius 3 is 2.67 bits per heavy atom. The van der Waals surface area contributed by atoms with E-state index in [2.05, 4.69) is 10.3 Å². The molecule has 0 aliphatic heterocycles. The molecule has 128 valence electrons. The topological polar surface area (TPSA) is 85.4 Å². The van der Waals surface area contributed by atoms with Crippen LogP contribution in [0.1, 0.15) is 29.3 Å². The van der Waals surface area contributed by atoms with E-state index in [-0.39, 0.29) is 22.8 Å². The monoisotopic (exact) mass is 348 g/mol. The fraction of sp³-hybridized carbons (Fsp3) is 0.294. The predicted octanol–water partition coefficient (Wildman–Crippen LogP) is 2.20. The van der Waals surface area contributed by atoms with Crippen molar-refractivity contribution in [2.45, 2.75) is 24.8 Å². The highest BCUT2D eigenvalue weighted by molar-refractivity contribution is 7.91. The number of rotatable bonds is 7. The van der Waals surface area contributed by atoms with Gasteiger partial charge in [0.05, 0.1) is 23.3 Å². The molecular weight excluding hydrogens is 328 g/mol. The highest BCUT2D eigenvalue weighted by Crippen LogP contribution is 2.19. The van der Waals surface area contributed by atoms with E-state index in [1.54, 1.807) is 37.4 Å². The van der Waals surface area contributed by atoms with Gasteiger partial charge < -0.3 is 10.1 Å². The molecule has 0 bridgehead atoms. The SMILES string of the molecule is CCCS(=O)(=O)c1ccccc1C(=O)NCc1cccnc1OC. The van der Waals surface area contributed by atoms with E-state index in [1.165, 1.54) is 19.2 Å². The number of ether oxygens (including phenoxy) is 1. The molecule has 7 heteroatoms. The first kappa shape index (κ1) is 17.9. The first-order valence-corrected chi connectivity index (χ1v) is 9.22. The van der Waals surface area contributed by atoms with Crippen LogP contribution < -0.4 is 10.1 Å². The van der Waals surface area contributed by atoms with Crippen LogP contribution >= 0.6 is 0 Å². The summed E-state index contributed by atoms with van der Waals surface area (Å²) in [6.07, 6.45) is 2.09. The molecular formula is C17H20N2O4S. The number of hydrogen-bond donors (Lipinski definition) is 1. The average molecular weight is 348 g/mol. The Morgan fingerprint density at radius 1 is 1.21 bits per heavy atom. The lowest BCUT2D eigenvalue weighted by atomic mass is 10.2. The highest BCUT2D eigenvalue weighted by atomic mass is 32.2. The molecule has 0 saturated carbocycles. The van der Waals surface area contributed by atoms with Crippen molar-refractivity contribution in [3.8, 4) is 5.88 Å². The Morgan fingerprint density at radius 2 is 1.96 bits per heavy atom. The Kier molecular flexibility index (Phi) is 5.92. The minimum atomic E-state index is -3.48. The zero-order valence-electron chi connectivity index (χ0n) is 13.7. The van der Waals surface area contributed by atoms with E-state index in [0.717, 1.165) is 0 Å². The van der Waals surface area contributed by atoms with Gasteiger partial charge >= 0.3 is 0 Å². The van der Waals surface area contributed by atoms with Crippen LogP contribution in [0.15, 0.2) is 47.5 Å². The molecule has 1 aromatic carbocycles. The van der Waals surface area contributed by atoms with Crippen LogP contribution in [0.25, 0.3) is 0 Å². The van der Waals surface area contributed by atoms with Crippen LogP contribution in [0.5, 0.6) is 5.88 Å². The molecule has 0 aliphatic carbocycles. The number of carbonyl (C=O) groups is 1. The molecule has 2 rings (SSSR count). The van der Waals surface area contributed by atoms with E-state index in [4.69, 9.17) is 4.74 Å². The van der Waals surface area contributed by atoms with Crippen LogP contribution in [0, 0.1) is 0 Å². The molecule has 0 saturated heterocycles. The highest BCUT2D eigenvalue weighted by Gasteiger charge is 2.21. The fourth-order valence-electron chi connectivity index (χ4n) is 2.32. The van der Waals surface area contributed by atoms with Gasteiger partial charge in [-0.15, -0.1) is 0 Å². The lowest BCUT2D eigenvalue weighted by Crippen LogP contribution is -2.25. The van der Waals surface area contributed by atoms with Gasteiger partial charge in [-0.3, -0.25) is 4.79 Å². The second-order valence-corrected chi connectivity index (χ2v) is 7.25. The maximum atomic E-state index is 12.5. The second-order valence-electron chi connectivity index (χ2n) is 5.17. The number of amides is 1. The maximum absolute atomic E-state index is 12.5. The van der Waals surface area contributed by atoms with Crippen molar-refractivity contribution in [3.63, 3.8) is 0 Å². The average Bonchev–Trinajstić information content (AvgIpc) is 2.60. The molecule has 0 aliphatic rings. The van der Waals surface area contributed by atoms with Gasteiger partial charge in [-0.25, -0.2) is 13.4 Å². The number of sulfone groups is 1. The minimum absolute atomic E-state index is 0.00766. The molecule has 6 nitrogen and oxygen atoms in total. The number of aromatic nitrogens is 1. The summed E-state index contributed by atoms with van der Waals surface area (Å²) >= 11 is 0. The first-order valence-electron chi connectivity index (χ1n) is 7.57. The number of carbonyl (C=O) groups excluding carboxylic acids is 1. The molecule has 24 heavy (non-hydrogen) atoms. The lowest BCUT2D eigenvalue weighted by molar-refractivity contribution is 0.0947. The third-order valence-electron chi connectivity index (χ3n) is 3.42. The first-order chi connectivity index (χ1) is 11.5. The smallest absolute Gasteiger partial charge is 0.252 e. The van der Waals surface area contributed by atoms with Crippen LogP contribution in [0.2, 0.25) is 0 Å². The minimum Gasteiger partial charge on any atom is -0.481 e. The quantitative estimate of drug-likeness (QED) is 0.829. The summed E-state index contributed by atoms with van der Waals surface area (Å²) in [5.41, 5.74) is 0.857. The summed E-state index contributed by atoms with van der Waals surface area (Å²) < 4.78 is 29.8. The Balaban J connectivity index is 2.22. The van der Waals surface area contributed by atoms with E-state index in [0.29, 0.717) is 17.9 Å². The molecule has 1 heterocycles. The van der Waals surface area contributed by atoms with Crippen molar-refractivity contribution in [3.05, 3.63) is 53.7 Å². The maximum Gasteiger partial charge on any atom is 0.252 e. The summed E-state index contributed by atoms with van der Waals surface area (Å²) in [6.45, 7) is 1.98. The van der Waals surface area contributed by atoms with Gasteiger partial charge in [-0.2, -0.15) is 0 Å². The standard InChI is InChI=1S/C17H20N2O4S/c1-3-11-24(21,22)15-9-5-4-8-14(15)16(20)19-12-13-7-6-10-18-17(13)23-2/h4-10H,3,11-12H2,1-2H3,(H,19,20). The molecule has 2 aromatic rings. The van der Waals surface area contributed by atoms with Crippen LogP contribution in [-0.4, -0.2) is 32.2 Å². The molecule has 1 amide bonds. The van der Waals surface area contributed by atoms with Gasteiger partial charge in [-0.1, -0.05) is 25.1 Å². The Bertz CT molecular complexity index is 819. The Labute approximate surface area is 141 Å². The Hall–Kier alpha value is -2.41. The molecule has 0 atom stereocenters. The van der Waals surface area contributed by atoms with Gasteiger partial charge in [0.2, 0.25) is 5.88 Å². The van der Waals surface area contributed by atoms with Crippen molar-refractivity contribution in [2.24, 2.45) is 0 Å². The van der Waals surface area contributed by atoms with E-state index < -0.39 is 15.7 Å². The largest absolute Gasteiger partial charge is 0.481 e. The van der Waals surface area contributed by atoms with E-state index >= 15 is 0 Å². The summed E-state index contributed by atoms with van der Waals surface area (Å²) in [7, 11) is -1.98. The van der Waals surface area contributed by atoms with Crippen molar-refractivity contribution < 1.29 is 17.9 Å². The van der Waals surface area contributed by atoms with Gasteiger partial charge in [0.15, 0.2) is 9.84 Å². The summed E-state index contributed by atoms with van der Waals surface area (Å²) in [5, 5.41) is 2.72. The molecule has 1 N–H and O–H groups in total. The number of benzene rings is 1. The number of methoxy groups -OCH3 is 1. The number of nitrogens with one attached hydrogen (secondary N) is 1. The van der Waals surface area contributed by atoms with Gasteiger partial charge in [0, 0.05) is 18.3 Å². The summed E-state index contributed by atoms with van der Waals surface area (Å²) in [6, 6.07) is 9.76. The van der Waals surface area contributed by atoms with E-state index in [9.17, 15) is 13.2 Å². The predicted molar refractivity (Wildman–Crippen MR) is 90.7 cm³/mol. The fourth-order valence-corrected chi connectivity index (χ4v) is 3.86. The summed E-state index contributed by atoms with van der Waals surface area (Å²) in [5.74, 6) is -0.0193. The van der Waals surface area contributed by atoms with Crippen molar-refractivity contribution in [1.29, 1.82) is 0 Å². The second kappa shape index (κ2) is 7.92. The zero-order chi connectivity index (χ0) is 17.6. The van der Waals surface area contributed by atoms with E-state index in [1.807, 2.05) is 0 Å². The molecule has 0 unspecified atom stereocenters. The van der Waals surface area contributed by atoms with Gasteiger partial charge in [-0.05, 0) is 24.6 Å². The number of pyridine rings is 1. The number of nitrogens with zero attached hydrogens (tertiary/aromatic N) is 1. The molecule has 0 spiro atoms. The van der Waals surface area contributed by atoms with Crippen LogP contribution in [0.3, 0.4) is 0 Å². The molecule has 0 fully saturated rings.